The van der Waals surface area contributed by atoms with Gasteiger partial charge in [0.2, 0.25) is 0 Å². The summed E-state index contributed by atoms with van der Waals surface area (Å²) in [5.74, 6) is 0. The summed E-state index contributed by atoms with van der Waals surface area (Å²) in [4.78, 5) is 0. The summed E-state index contributed by atoms with van der Waals surface area (Å²) < 4.78 is 0. The van der Waals surface area contributed by atoms with Gasteiger partial charge in [-0.3, -0.25) is 0 Å². The SMILES string of the molecule is C.C=C(c1ccccc1)c1ccccc1C.CC. The maximum absolute atomic E-state index is 4.16. The fraction of sp³-hybridized carbons (Fsp3) is 0.222. The average Bonchev–Trinajstić information content (AvgIpc) is 2.42. The fourth-order valence-corrected chi connectivity index (χ4v) is 1.71. The minimum atomic E-state index is 0. The van der Waals surface area contributed by atoms with Crippen LogP contribution in [0.3, 0.4) is 0 Å². The van der Waals surface area contributed by atoms with Crippen LogP contribution in [-0.4, -0.2) is 0 Å². The Morgan fingerprint density at radius 1 is 0.833 bits per heavy atom. The molecular weight excluding hydrogens is 216 g/mol. The summed E-state index contributed by atoms with van der Waals surface area (Å²) in [7, 11) is 0. The average molecular weight is 240 g/mol. The summed E-state index contributed by atoms with van der Waals surface area (Å²) in [5.41, 5.74) is 4.77. The molecule has 0 aliphatic carbocycles. The highest BCUT2D eigenvalue weighted by molar-refractivity contribution is 5.79. The van der Waals surface area contributed by atoms with Crippen LogP contribution in [-0.2, 0) is 0 Å². The molecule has 0 spiro atoms. The second kappa shape index (κ2) is 8.30. The Bertz CT molecular complexity index is 466. The van der Waals surface area contributed by atoms with Gasteiger partial charge in [0.25, 0.3) is 0 Å². The first kappa shape index (κ1) is 16.2. The lowest BCUT2D eigenvalue weighted by molar-refractivity contribution is 1.42. The van der Waals surface area contributed by atoms with Crippen molar-refractivity contribution in [3.05, 3.63) is 77.9 Å². The molecule has 0 bridgehead atoms. The molecule has 0 aromatic heterocycles. The van der Waals surface area contributed by atoms with Crippen molar-refractivity contribution in [1.29, 1.82) is 0 Å². The van der Waals surface area contributed by atoms with E-state index in [2.05, 4.69) is 49.9 Å². The van der Waals surface area contributed by atoms with Crippen LogP contribution >= 0.6 is 0 Å². The first-order chi connectivity index (χ1) is 8.29. The zero-order chi connectivity index (χ0) is 12.7. The van der Waals surface area contributed by atoms with Gasteiger partial charge < -0.3 is 0 Å². The molecule has 0 saturated heterocycles. The largest absolute Gasteiger partial charge is 0.0905 e. The van der Waals surface area contributed by atoms with Gasteiger partial charge in [-0.1, -0.05) is 82.5 Å². The Labute approximate surface area is 112 Å². The van der Waals surface area contributed by atoms with Crippen molar-refractivity contribution in [1.82, 2.24) is 0 Å². The predicted octanol–water partition coefficient (Wildman–Crippen LogP) is 5.72. The van der Waals surface area contributed by atoms with Gasteiger partial charge in [-0.2, -0.15) is 0 Å². The van der Waals surface area contributed by atoms with E-state index < -0.39 is 0 Å². The van der Waals surface area contributed by atoms with Crippen LogP contribution < -0.4 is 0 Å². The highest BCUT2D eigenvalue weighted by atomic mass is 14.1. The van der Waals surface area contributed by atoms with Crippen LogP contribution in [0.25, 0.3) is 5.57 Å². The lowest BCUT2D eigenvalue weighted by atomic mass is 9.96. The number of benzene rings is 2. The fourth-order valence-electron chi connectivity index (χ4n) is 1.71. The Morgan fingerprint density at radius 3 is 1.89 bits per heavy atom. The molecule has 0 aliphatic rings. The van der Waals surface area contributed by atoms with E-state index in [1.165, 1.54) is 16.7 Å². The molecule has 0 heteroatoms. The van der Waals surface area contributed by atoms with Crippen molar-refractivity contribution in [2.24, 2.45) is 0 Å². The normalized spacial score (nSPS) is 8.61. The molecule has 2 aromatic rings. The monoisotopic (exact) mass is 240 g/mol. The molecule has 0 fully saturated rings. The van der Waals surface area contributed by atoms with E-state index in [0.717, 1.165) is 5.57 Å². The lowest BCUT2D eigenvalue weighted by Gasteiger charge is -2.08. The molecule has 0 heterocycles. The van der Waals surface area contributed by atoms with Crippen molar-refractivity contribution in [2.45, 2.75) is 28.2 Å². The zero-order valence-corrected chi connectivity index (χ0v) is 10.9. The Hall–Kier alpha value is -1.82. The van der Waals surface area contributed by atoms with E-state index in [0.29, 0.717) is 0 Å². The summed E-state index contributed by atoms with van der Waals surface area (Å²) in [6, 6.07) is 18.6. The van der Waals surface area contributed by atoms with Crippen LogP contribution in [0.1, 0.15) is 38.0 Å². The van der Waals surface area contributed by atoms with Crippen LogP contribution in [0.15, 0.2) is 61.2 Å². The first-order valence-corrected chi connectivity index (χ1v) is 6.09. The minimum absolute atomic E-state index is 0. The molecule has 18 heavy (non-hydrogen) atoms. The number of hydrogen-bond donors (Lipinski definition) is 0. The predicted molar refractivity (Wildman–Crippen MR) is 83.8 cm³/mol. The molecule has 2 rings (SSSR count). The number of rotatable bonds is 2. The van der Waals surface area contributed by atoms with Crippen LogP contribution in [0.4, 0.5) is 0 Å². The van der Waals surface area contributed by atoms with E-state index in [-0.39, 0.29) is 7.43 Å². The topological polar surface area (TPSA) is 0 Å². The molecule has 0 atom stereocenters. The molecule has 0 aliphatic heterocycles. The molecule has 0 unspecified atom stereocenters. The Kier molecular flexibility index (Phi) is 7.46. The smallest absolute Gasteiger partial charge is 0.0155 e. The standard InChI is InChI=1S/C15H14.C2H6.CH4/c1-12-8-6-7-11-15(12)13(2)14-9-4-3-5-10-14;1-2;/h3-11H,2H2,1H3;1-2H3;1H4. The summed E-state index contributed by atoms with van der Waals surface area (Å²) in [5, 5.41) is 0. The molecule has 0 radical (unpaired) electrons. The maximum Gasteiger partial charge on any atom is -0.0155 e. The van der Waals surface area contributed by atoms with Crippen molar-refractivity contribution in [2.75, 3.05) is 0 Å². The second-order valence-electron chi connectivity index (χ2n) is 3.66. The van der Waals surface area contributed by atoms with Gasteiger partial charge in [0.1, 0.15) is 0 Å². The molecular formula is C18H24. The van der Waals surface area contributed by atoms with E-state index in [1.807, 2.05) is 32.0 Å². The van der Waals surface area contributed by atoms with Gasteiger partial charge in [0.15, 0.2) is 0 Å². The summed E-state index contributed by atoms with van der Waals surface area (Å²) >= 11 is 0. The van der Waals surface area contributed by atoms with Gasteiger partial charge >= 0.3 is 0 Å². The third kappa shape index (κ3) is 3.89. The Morgan fingerprint density at radius 2 is 1.33 bits per heavy atom. The quantitative estimate of drug-likeness (QED) is 0.630. The van der Waals surface area contributed by atoms with E-state index in [9.17, 15) is 0 Å². The van der Waals surface area contributed by atoms with Crippen LogP contribution in [0.2, 0.25) is 0 Å². The van der Waals surface area contributed by atoms with Gasteiger partial charge in [-0.05, 0) is 29.2 Å². The van der Waals surface area contributed by atoms with E-state index in [1.54, 1.807) is 0 Å². The first-order valence-electron chi connectivity index (χ1n) is 6.09. The molecule has 0 nitrogen and oxygen atoms in total. The summed E-state index contributed by atoms with van der Waals surface area (Å²) in [6.45, 7) is 10.3. The number of hydrogen-bond acceptors (Lipinski definition) is 0. The van der Waals surface area contributed by atoms with Gasteiger partial charge in [0, 0.05) is 0 Å². The van der Waals surface area contributed by atoms with Gasteiger partial charge in [0.05, 0.1) is 0 Å². The third-order valence-corrected chi connectivity index (χ3v) is 2.59. The molecule has 96 valence electrons. The van der Waals surface area contributed by atoms with Crippen LogP contribution in [0, 0.1) is 6.92 Å². The third-order valence-electron chi connectivity index (χ3n) is 2.59. The summed E-state index contributed by atoms with van der Waals surface area (Å²) in [6.07, 6.45) is 0. The van der Waals surface area contributed by atoms with E-state index >= 15 is 0 Å². The van der Waals surface area contributed by atoms with Gasteiger partial charge in [-0.15, -0.1) is 0 Å². The lowest BCUT2D eigenvalue weighted by Crippen LogP contribution is -1.88. The van der Waals surface area contributed by atoms with Crippen LogP contribution in [0.5, 0.6) is 0 Å². The second-order valence-corrected chi connectivity index (χ2v) is 3.66. The zero-order valence-electron chi connectivity index (χ0n) is 10.9. The molecule has 0 saturated carbocycles. The highest BCUT2D eigenvalue weighted by Crippen LogP contribution is 2.23. The van der Waals surface area contributed by atoms with Crippen molar-refractivity contribution in [3.8, 4) is 0 Å². The van der Waals surface area contributed by atoms with E-state index in [4.69, 9.17) is 0 Å². The highest BCUT2D eigenvalue weighted by Gasteiger charge is 2.03. The molecule has 2 aromatic carbocycles. The molecule has 0 N–H and O–H groups in total. The molecule has 0 amide bonds. The van der Waals surface area contributed by atoms with Gasteiger partial charge in [-0.25, -0.2) is 0 Å². The van der Waals surface area contributed by atoms with Crippen molar-refractivity contribution < 1.29 is 0 Å². The minimum Gasteiger partial charge on any atom is -0.0905 e. The van der Waals surface area contributed by atoms with Crippen molar-refractivity contribution in [3.63, 3.8) is 0 Å². The maximum atomic E-state index is 4.16. The number of aryl methyl sites for hydroxylation is 1. The Balaban J connectivity index is 0.000000917. The van der Waals surface area contributed by atoms with Crippen molar-refractivity contribution >= 4 is 5.57 Å².